The van der Waals surface area contributed by atoms with Gasteiger partial charge in [0.25, 0.3) is 0 Å². The van der Waals surface area contributed by atoms with E-state index in [-0.39, 0.29) is 5.60 Å². The molecule has 1 fully saturated rings. The molecule has 52 valence electrons. The van der Waals surface area contributed by atoms with Gasteiger partial charge in [0.05, 0.1) is 0 Å². The van der Waals surface area contributed by atoms with Crippen molar-refractivity contribution in [3.8, 4) is 0 Å². The van der Waals surface area contributed by atoms with Crippen LogP contribution in [0, 0.1) is 0 Å². The van der Waals surface area contributed by atoms with E-state index in [1.165, 1.54) is 0 Å². The lowest BCUT2D eigenvalue weighted by Gasteiger charge is -2.09. The van der Waals surface area contributed by atoms with Gasteiger partial charge < -0.3 is 10.5 Å². The highest BCUT2D eigenvalue weighted by molar-refractivity contribution is 9.09. The number of nitrogens with two attached hydrogens (primary N) is 1. The minimum Gasteiger partial charge on any atom is -0.442 e. The lowest BCUT2D eigenvalue weighted by Crippen LogP contribution is -2.25. The van der Waals surface area contributed by atoms with Crippen molar-refractivity contribution in [2.24, 2.45) is 5.73 Å². The van der Waals surface area contributed by atoms with E-state index in [1.807, 2.05) is 0 Å². The monoisotopic (exact) mass is 193 g/mol. The Kier molecular flexibility index (Phi) is 1.66. The van der Waals surface area contributed by atoms with E-state index in [0.29, 0.717) is 5.33 Å². The van der Waals surface area contributed by atoms with Crippen LogP contribution in [0.4, 0.5) is 4.79 Å². The Morgan fingerprint density at radius 1 is 1.78 bits per heavy atom. The lowest BCUT2D eigenvalue weighted by atomic mass is 10.4. The van der Waals surface area contributed by atoms with Crippen molar-refractivity contribution >= 4 is 22.0 Å². The van der Waals surface area contributed by atoms with Crippen LogP contribution in [0.1, 0.15) is 12.8 Å². The second-order valence-corrected chi connectivity index (χ2v) is 2.80. The summed E-state index contributed by atoms with van der Waals surface area (Å²) in [6.07, 6.45) is 1.19. The quantitative estimate of drug-likeness (QED) is 0.667. The summed E-state index contributed by atoms with van der Waals surface area (Å²) in [4.78, 5) is 10.2. The van der Waals surface area contributed by atoms with Crippen molar-refractivity contribution in [3.05, 3.63) is 0 Å². The second kappa shape index (κ2) is 2.17. The molecule has 1 aliphatic carbocycles. The third kappa shape index (κ3) is 1.58. The molecule has 1 saturated carbocycles. The summed E-state index contributed by atoms with van der Waals surface area (Å²) in [5.41, 5.74) is 4.57. The number of alkyl halides is 1. The summed E-state index contributed by atoms with van der Waals surface area (Å²) in [7, 11) is 0. The van der Waals surface area contributed by atoms with Gasteiger partial charge in [-0.3, -0.25) is 0 Å². The van der Waals surface area contributed by atoms with Gasteiger partial charge in [0.1, 0.15) is 5.60 Å². The second-order valence-electron chi connectivity index (χ2n) is 2.24. The largest absolute Gasteiger partial charge is 0.442 e. The third-order valence-electron chi connectivity index (χ3n) is 1.37. The Morgan fingerprint density at radius 3 is 2.44 bits per heavy atom. The molecule has 0 aromatic heterocycles. The summed E-state index contributed by atoms with van der Waals surface area (Å²) in [6, 6.07) is 0. The van der Waals surface area contributed by atoms with E-state index in [2.05, 4.69) is 15.9 Å². The molecule has 0 aromatic rings. The van der Waals surface area contributed by atoms with Crippen molar-refractivity contribution in [1.82, 2.24) is 0 Å². The molecule has 9 heavy (non-hydrogen) atoms. The zero-order chi connectivity index (χ0) is 6.91. The molecular formula is C5H8BrNO2. The van der Waals surface area contributed by atoms with E-state index in [1.54, 1.807) is 0 Å². The van der Waals surface area contributed by atoms with E-state index in [0.717, 1.165) is 12.8 Å². The maximum absolute atomic E-state index is 10.2. The average molecular weight is 194 g/mol. The van der Waals surface area contributed by atoms with Crippen molar-refractivity contribution in [2.45, 2.75) is 18.4 Å². The minimum atomic E-state index is -0.674. The van der Waals surface area contributed by atoms with Crippen LogP contribution in [0.3, 0.4) is 0 Å². The van der Waals surface area contributed by atoms with Gasteiger partial charge in [0, 0.05) is 5.33 Å². The summed E-state index contributed by atoms with van der Waals surface area (Å²) < 4.78 is 4.79. The van der Waals surface area contributed by atoms with Gasteiger partial charge in [0.15, 0.2) is 0 Å². The van der Waals surface area contributed by atoms with E-state index >= 15 is 0 Å². The maximum Gasteiger partial charge on any atom is 0.405 e. The zero-order valence-corrected chi connectivity index (χ0v) is 6.48. The fourth-order valence-electron chi connectivity index (χ4n) is 0.616. The molecule has 4 heteroatoms. The molecule has 1 aliphatic rings. The molecule has 0 unspecified atom stereocenters. The topological polar surface area (TPSA) is 52.3 Å². The molecule has 0 spiro atoms. The number of hydrogen-bond donors (Lipinski definition) is 1. The standard InChI is InChI=1S/C5H8BrNO2/c6-3-5(1-2-5)9-4(7)8/h1-3H2,(H2,7,8). The van der Waals surface area contributed by atoms with Crippen LogP contribution < -0.4 is 5.73 Å². The van der Waals surface area contributed by atoms with Crippen LogP contribution in [-0.4, -0.2) is 17.0 Å². The number of primary amides is 1. The highest BCUT2D eigenvalue weighted by atomic mass is 79.9. The van der Waals surface area contributed by atoms with Crippen LogP contribution in [0.2, 0.25) is 0 Å². The SMILES string of the molecule is NC(=O)OC1(CBr)CC1. The number of ether oxygens (including phenoxy) is 1. The summed E-state index contributed by atoms with van der Waals surface area (Å²) in [5, 5.41) is 0.697. The van der Waals surface area contributed by atoms with E-state index < -0.39 is 6.09 Å². The van der Waals surface area contributed by atoms with Crippen LogP contribution in [-0.2, 0) is 4.74 Å². The summed E-state index contributed by atoms with van der Waals surface area (Å²) >= 11 is 3.23. The van der Waals surface area contributed by atoms with Gasteiger partial charge in [-0.1, -0.05) is 15.9 Å². The highest BCUT2D eigenvalue weighted by Gasteiger charge is 2.45. The van der Waals surface area contributed by atoms with Crippen molar-refractivity contribution in [3.63, 3.8) is 0 Å². The highest BCUT2D eigenvalue weighted by Crippen LogP contribution is 2.40. The van der Waals surface area contributed by atoms with Gasteiger partial charge in [-0.25, -0.2) is 4.79 Å². The number of amides is 1. The van der Waals surface area contributed by atoms with Crippen LogP contribution in [0.5, 0.6) is 0 Å². The van der Waals surface area contributed by atoms with Crippen LogP contribution in [0.25, 0.3) is 0 Å². The van der Waals surface area contributed by atoms with Crippen LogP contribution in [0.15, 0.2) is 0 Å². The minimum absolute atomic E-state index is 0.244. The smallest absolute Gasteiger partial charge is 0.405 e. The molecule has 0 aliphatic heterocycles. The molecule has 0 atom stereocenters. The molecule has 0 bridgehead atoms. The fraction of sp³-hybridized carbons (Fsp3) is 0.800. The normalized spacial score (nSPS) is 21.0. The van der Waals surface area contributed by atoms with Gasteiger partial charge in [-0.05, 0) is 12.8 Å². The Morgan fingerprint density at radius 2 is 2.33 bits per heavy atom. The maximum atomic E-state index is 10.2. The van der Waals surface area contributed by atoms with Gasteiger partial charge in [-0.15, -0.1) is 0 Å². The number of rotatable bonds is 2. The first-order valence-electron chi connectivity index (χ1n) is 2.73. The van der Waals surface area contributed by atoms with Gasteiger partial charge in [-0.2, -0.15) is 0 Å². The predicted octanol–water partition coefficient (Wildman–Crippen LogP) is 1.01. The van der Waals surface area contributed by atoms with Crippen LogP contribution >= 0.6 is 15.9 Å². The molecule has 3 nitrogen and oxygen atoms in total. The number of halogens is 1. The molecule has 2 N–H and O–H groups in total. The molecule has 0 radical (unpaired) electrons. The van der Waals surface area contributed by atoms with Gasteiger partial charge in [0.2, 0.25) is 0 Å². The van der Waals surface area contributed by atoms with Gasteiger partial charge >= 0.3 is 6.09 Å². The number of carbonyl (C=O) groups is 1. The average Bonchev–Trinajstić information content (AvgIpc) is 2.48. The Labute approximate surface area is 61.7 Å². The number of hydrogen-bond acceptors (Lipinski definition) is 2. The van der Waals surface area contributed by atoms with Crippen molar-refractivity contribution in [2.75, 3.05) is 5.33 Å². The molecule has 0 saturated heterocycles. The summed E-state index contributed by atoms with van der Waals surface area (Å²) in [5.74, 6) is 0. The summed E-state index contributed by atoms with van der Waals surface area (Å²) in [6.45, 7) is 0. The first kappa shape index (κ1) is 6.86. The van der Waals surface area contributed by atoms with Crippen molar-refractivity contribution in [1.29, 1.82) is 0 Å². The van der Waals surface area contributed by atoms with E-state index in [4.69, 9.17) is 10.5 Å². The predicted molar refractivity (Wildman–Crippen MR) is 36.4 cm³/mol. The fourth-order valence-corrected chi connectivity index (χ4v) is 1.29. The first-order valence-corrected chi connectivity index (χ1v) is 3.85. The molecular weight excluding hydrogens is 186 g/mol. The Bertz CT molecular complexity index is 133. The molecule has 0 heterocycles. The Balaban J connectivity index is 2.33. The molecule has 1 rings (SSSR count). The first-order chi connectivity index (χ1) is 4.18. The lowest BCUT2D eigenvalue weighted by molar-refractivity contribution is 0.106. The Hall–Kier alpha value is -0.250. The molecule has 0 aromatic carbocycles. The van der Waals surface area contributed by atoms with Crippen molar-refractivity contribution < 1.29 is 9.53 Å². The molecule has 1 amide bonds. The number of carbonyl (C=O) groups excluding carboxylic acids is 1. The third-order valence-corrected chi connectivity index (χ3v) is 2.39. The van der Waals surface area contributed by atoms with E-state index in [9.17, 15) is 4.79 Å². The zero-order valence-electron chi connectivity index (χ0n) is 4.89.